The first-order valence-corrected chi connectivity index (χ1v) is 7.88. The number of ketones is 1. The maximum atomic E-state index is 12.8. The fourth-order valence-electron chi connectivity index (χ4n) is 3.01. The average molecular weight is 316 g/mol. The summed E-state index contributed by atoms with van der Waals surface area (Å²) in [6, 6.07) is 7.88. The molecule has 0 unspecified atom stereocenters. The second kappa shape index (κ2) is 6.14. The smallest absolute Gasteiger partial charge is 0.297 e. The summed E-state index contributed by atoms with van der Waals surface area (Å²) in [5.41, 5.74) is -0.475. The topological polar surface area (TPSA) is 57.7 Å². The highest BCUT2D eigenvalue weighted by Gasteiger charge is 2.53. The van der Waals surface area contributed by atoms with Gasteiger partial charge < -0.3 is 9.80 Å². The molecule has 1 aromatic rings. The van der Waals surface area contributed by atoms with Crippen LogP contribution >= 0.6 is 0 Å². The molecule has 0 aliphatic carbocycles. The molecule has 1 saturated heterocycles. The number of benzene rings is 1. The lowest BCUT2D eigenvalue weighted by Gasteiger charge is -2.36. The number of carbonyl (C=O) groups excluding carboxylic acids is 3. The van der Waals surface area contributed by atoms with Crippen LogP contribution in [0.3, 0.4) is 0 Å². The maximum Gasteiger partial charge on any atom is 0.297 e. The van der Waals surface area contributed by atoms with Crippen molar-refractivity contribution < 1.29 is 14.4 Å². The van der Waals surface area contributed by atoms with Gasteiger partial charge in [-0.05, 0) is 26.2 Å². The molecule has 124 valence electrons. The summed E-state index contributed by atoms with van der Waals surface area (Å²) in [7, 11) is 1.68. The number of nitrogens with zero attached hydrogens (tertiary/aromatic N) is 2. The van der Waals surface area contributed by atoms with Gasteiger partial charge in [-0.3, -0.25) is 14.4 Å². The van der Waals surface area contributed by atoms with E-state index in [0.717, 1.165) is 0 Å². The van der Waals surface area contributed by atoms with E-state index in [9.17, 15) is 14.4 Å². The summed E-state index contributed by atoms with van der Waals surface area (Å²) in [5.74, 6) is -1.06. The van der Waals surface area contributed by atoms with Gasteiger partial charge in [0.15, 0.2) is 0 Å². The third-order valence-corrected chi connectivity index (χ3v) is 4.48. The zero-order valence-corrected chi connectivity index (χ0v) is 14.4. The van der Waals surface area contributed by atoms with Crippen LogP contribution in [0, 0.1) is 5.92 Å². The van der Waals surface area contributed by atoms with Crippen molar-refractivity contribution in [3.63, 3.8) is 0 Å². The highest BCUT2D eigenvalue weighted by molar-refractivity contribution is 6.43. The lowest BCUT2D eigenvalue weighted by Crippen LogP contribution is -2.53. The van der Waals surface area contributed by atoms with Crippen LogP contribution in [0.4, 0.5) is 0 Å². The zero-order valence-electron chi connectivity index (χ0n) is 14.4. The molecule has 0 bridgehead atoms. The van der Waals surface area contributed by atoms with Crippen molar-refractivity contribution in [3.05, 3.63) is 35.9 Å². The minimum atomic E-state index is -0.821. The van der Waals surface area contributed by atoms with Gasteiger partial charge in [0.2, 0.25) is 11.7 Å². The molecular weight excluding hydrogens is 292 g/mol. The first-order valence-electron chi connectivity index (χ1n) is 7.88. The molecule has 23 heavy (non-hydrogen) atoms. The van der Waals surface area contributed by atoms with E-state index in [1.54, 1.807) is 56.1 Å². The molecule has 1 aliphatic rings. The predicted molar refractivity (Wildman–Crippen MR) is 87.7 cm³/mol. The predicted octanol–water partition coefficient (Wildman–Crippen LogP) is 2.32. The van der Waals surface area contributed by atoms with E-state index < -0.39 is 23.4 Å². The Labute approximate surface area is 137 Å². The highest BCUT2D eigenvalue weighted by atomic mass is 16.2. The van der Waals surface area contributed by atoms with Gasteiger partial charge in [-0.2, -0.15) is 0 Å². The van der Waals surface area contributed by atoms with Gasteiger partial charge in [0.1, 0.15) is 11.7 Å². The molecule has 1 fully saturated rings. The molecule has 2 rings (SSSR count). The monoisotopic (exact) mass is 316 g/mol. The molecule has 5 nitrogen and oxygen atoms in total. The van der Waals surface area contributed by atoms with Crippen molar-refractivity contribution in [2.45, 2.75) is 45.8 Å². The van der Waals surface area contributed by atoms with Gasteiger partial charge >= 0.3 is 0 Å². The molecule has 0 spiro atoms. The Kier molecular flexibility index (Phi) is 4.59. The van der Waals surface area contributed by atoms with Crippen molar-refractivity contribution in [2.24, 2.45) is 5.92 Å². The molecular formula is C18H24N2O3. The van der Waals surface area contributed by atoms with E-state index in [1.165, 1.54) is 4.90 Å². The Morgan fingerprint density at radius 2 is 1.74 bits per heavy atom. The van der Waals surface area contributed by atoms with Crippen LogP contribution in [0.1, 0.15) is 44.5 Å². The average Bonchev–Trinajstić information content (AvgIpc) is 2.67. The van der Waals surface area contributed by atoms with Gasteiger partial charge in [0.05, 0.1) is 0 Å². The van der Waals surface area contributed by atoms with Crippen LogP contribution in [-0.4, -0.2) is 46.1 Å². The summed E-state index contributed by atoms with van der Waals surface area (Å²) < 4.78 is 0. The number of amides is 2. The van der Waals surface area contributed by atoms with Gasteiger partial charge in [-0.25, -0.2) is 0 Å². The fourth-order valence-corrected chi connectivity index (χ4v) is 3.01. The minimum absolute atomic E-state index is 0.113. The van der Waals surface area contributed by atoms with E-state index in [4.69, 9.17) is 0 Å². The Morgan fingerprint density at radius 3 is 2.26 bits per heavy atom. The lowest BCUT2D eigenvalue weighted by atomic mass is 10.0. The summed E-state index contributed by atoms with van der Waals surface area (Å²) in [6.45, 7) is 7.59. The van der Waals surface area contributed by atoms with Crippen molar-refractivity contribution in [1.29, 1.82) is 0 Å². The molecule has 0 N–H and O–H groups in total. The second-order valence-electron chi connectivity index (χ2n) is 6.91. The van der Waals surface area contributed by atoms with E-state index >= 15 is 0 Å². The van der Waals surface area contributed by atoms with Crippen LogP contribution < -0.4 is 0 Å². The molecule has 5 heteroatoms. The van der Waals surface area contributed by atoms with E-state index in [2.05, 4.69) is 0 Å². The van der Waals surface area contributed by atoms with Crippen LogP contribution in [-0.2, 0) is 9.59 Å². The van der Waals surface area contributed by atoms with Crippen molar-refractivity contribution in [2.75, 3.05) is 7.05 Å². The molecule has 1 aromatic carbocycles. The van der Waals surface area contributed by atoms with Gasteiger partial charge in [-0.15, -0.1) is 0 Å². The molecule has 0 aromatic heterocycles. The second-order valence-corrected chi connectivity index (χ2v) is 6.91. The van der Waals surface area contributed by atoms with Crippen LogP contribution in [0.25, 0.3) is 0 Å². The molecule has 1 aliphatic heterocycles. The van der Waals surface area contributed by atoms with Crippen LogP contribution in [0.2, 0.25) is 0 Å². The number of carbonyl (C=O) groups is 3. The normalized spacial score (nSPS) is 20.3. The number of hydrogen-bond donors (Lipinski definition) is 0. The quantitative estimate of drug-likeness (QED) is 0.633. The van der Waals surface area contributed by atoms with Gasteiger partial charge in [-0.1, -0.05) is 44.2 Å². The van der Waals surface area contributed by atoms with Gasteiger partial charge in [0.25, 0.3) is 5.91 Å². The largest absolute Gasteiger partial charge is 0.321 e. The molecule has 1 heterocycles. The van der Waals surface area contributed by atoms with Crippen molar-refractivity contribution in [3.8, 4) is 0 Å². The third-order valence-electron chi connectivity index (χ3n) is 4.48. The minimum Gasteiger partial charge on any atom is -0.321 e. The molecule has 2 amide bonds. The fraction of sp³-hybridized carbons (Fsp3) is 0.500. The summed E-state index contributed by atoms with van der Waals surface area (Å²) in [6.07, 6.45) is 0.542. The zero-order chi connectivity index (χ0) is 17.4. The number of hydrogen-bond acceptors (Lipinski definition) is 3. The molecule has 1 atom stereocenters. The molecule has 0 saturated carbocycles. The van der Waals surface area contributed by atoms with Crippen LogP contribution in [0.5, 0.6) is 0 Å². The SMILES string of the molecule is CC(C)C[C@H]1C(=O)N(C)C(C)(C)N1C(=O)C(=O)c1ccccc1. The highest BCUT2D eigenvalue weighted by Crippen LogP contribution is 2.33. The Balaban J connectivity index is 2.38. The van der Waals surface area contributed by atoms with E-state index in [0.29, 0.717) is 12.0 Å². The third kappa shape index (κ3) is 3.00. The Bertz CT molecular complexity index is 622. The lowest BCUT2D eigenvalue weighted by molar-refractivity contribution is -0.134. The summed E-state index contributed by atoms with van der Waals surface area (Å²) in [5, 5.41) is 0. The number of likely N-dealkylation sites (N-methyl/N-ethyl adjacent to an activating group) is 1. The van der Waals surface area contributed by atoms with E-state index in [-0.39, 0.29) is 11.8 Å². The van der Waals surface area contributed by atoms with Gasteiger partial charge in [0, 0.05) is 12.6 Å². The van der Waals surface area contributed by atoms with Crippen molar-refractivity contribution in [1.82, 2.24) is 9.80 Å². The standard InChI is InChI=1S/C18H24N2O3/c1-12(2)11-14-16(22)19(5)18(3,4)20(14)17(23)15(21)13-9-7-6-8-10-13/h6-10,12,14H,11H2,1-5H3/t14-/m0/s1. The maximum absolute atomic E-state index is 12.8. The number of Topliss-reactive ketones (excluding diaryl/α,β-unsaturated/α-hetero) is 1. The number of rotatable bonds is 4. The summed E-state index contributed by atoms with van der Waals surface area (Å²) >= 11 is 0. The first-order chi connectivity index (χ1) is 10.7. The van der Waals surface area contributed by atoms with Crippen LogP contribution in [0.15, 0.2) is 30.3 Å². The Morgan fingerprint density at radius 1 is 1.17 bits per heavy atom. The van der Waals surface area contributed by atoms with E-state index in [1.807, 2.05) is 13.8 Å². The summed E-state index contributed by atoms with van der Waals surface area (Å²) in [4.78, 5) is 40.9. The van der Waals surface area contributed by atoms with Crippen molar-refractivity contribution >= 4 is 17.6 Å². The first kappa shape index (κ1) is 17.2. The Hall–Kier alpha value is -2.17. The molecule has 0 radical (unpaired) electrons.